The first-order valence-corrected chi connectivity index (χ1v) is 8.60. The highest BCUT2D eigenvalue weighted by Crippen LogP contribution is 2.32. The molecule has 1 aromatic heterocycles. The molecule has 1 amide bonds. The van der Waals surface area contributed by atoms with Crippen molar-refractivity contribution in [2.45, 2.75) is 57.9 Å². The van der Waals surface area contributed by atoms with Crippen molar-refractivity contribution in [3.63, 3.8) is 0 Å². The van der Waals surface area contributed by atoms with E-state index in [9.17, 15) is 4.79 Å². The lowest BCUT2D eigenvalue weighted by Gasteiger charge is -2.35. The highest BCUT2D eigenvalue weighted by molar-refractivity contribution is 5.75. The Bertz CT molecular complexity index is 520. The van der Waals surface area contributed by atoms with Crippen LogP contribution in [0.5, 0.6) is 0 Å². The molecule has 0 bridgehead atoms. The number of carbonyl (C=O) groups excluding carboxylic acids is 1. The van der Waals surface area contributed by atoms with Crippen molar-refractivity contribution in [3.05, 3.63) is 17.7 Å². The third kappa shape index (κ3) is 3.05. The van der Waals surface area contributed by atoms with Crippen LogP contribution in [-0.4, -0.2) is 46.7 Å². The molecule has 2 saturated heterocycles. The van der Waals surface area contributed by atoms with Crippen molar-refractivity contribution in [3.8, 4) is 0 Å². The zero-order chi connectivity index (χ0) is 15.5. The fourth-order valence-electron chi connectivity index (χ4n) is 3.81. The Kier molecular flexibility index (Phi) is 4.81. The lowest BCUT2D eigenvalue weighted by Crippen LogP contribution is -2.41. The van der Waals surface area contributed by atoms with Gasteiger partial charge in [0.1, 0.15) is 5.82 Å². The lowest BCUT2D eigenvalue weighted by molar-refractivity contribution is -0.132. The van der Waals surface area contributed by atoms with Crippen LogP contribution in [0.15, 0.2) is 6.20 Å². The van der Waals surface area contributed by atoms with Crippen LogP contribution >= 0.6 is 0 Å². The van der Waals surface area contributed by atoms with Crippen molar-refractivity contribution >= 4 is 5.91 Å². The summed E-state index contributed by atoms with van der Waals surface area (Å²) in [4.78, 5) is 18.8. The van der Waals surface area contributed by atoms with E-state index in [-0.39, 0.29) is 5.91 Å². The van der Waals surface area contributed by atoms with Gasteiger partial charge in [0.2, 0.25) is 5.91 Å². The molecular formula is C17H27N3O2. The van der Waals surface area contributed by atoms with Gasteiger partial charge in [-0.3, -0.25) is 4.79 Å². The number of aromatic nitrogens is 2. The van der Waals surface area contributed by atoms with Crippen LogP contribution in [0.25, 0.3) is 0 Å². The Hall–Kier alpha value is -1.36. The van der Waals surface area contributed by atoms with E-state index in [0.717, 1.165) is 52.0 Å². The second-order valence-electron chi connectivity index (χ2n) is 6.50. The molecular weight excluding hydrogens is 278 g/mol. The highest BCUT2D eigenvalue weighted by Gasteiger charge is 2.29. The van der Waals surface area contributed by atoms with Gasteiger partial charge in [-0.25, -0.2) is 4.98 Å². The van der Waals surface area contributed by atoms with Gasteiger partial charge >= 0.3 is 0 Å². The van der Waals surface area contributed by atoms with Crippen LogP contribution in [0.2, 0.25) is 0 Å². The molecule has 0 aromatic carbocycles. The van der Waals surface area contributed by atoms with Crippen LogP contribution in [0.4, 0.5) is 0 Å². The van der Waals surface area contributed by atoms with Crippen LogP contribution in [-0.2, 0) is 9.53 Å². The molecule has 0 saturated carbocycles. The van der Waals surface area contributed by atoms with Crippen LogP contribution in [0.1, 0.15) is 62.5 Å². The average molecular weight is 305 g/mol. The highest BCUT2D eigenvalue weighted by atomic mass is 16.5. The van der Waals surface area contributed by atoms with Crippen molar-refractivity contribution in [1.29, 1.82) is 0 Å². The summed E-state index contributed by atoms with van der Waals surface area (Å²) >= 11 is 0. The monoisotopic (exact) mass is 305 g/mol. The van der Waals surface area contributed by atoms with Gasteiger partial charge in [0.15, 0.2) is 0 Å². The first-order chi connectivity index (χ1) is 10.7. The summed E-state index contributed by atoms with van der Waals surface area (Å²) < 4.78 is 7.89. The Morgan fingerprint density at radius 3 is 2.86 bits per heavy atom. The predicted octanol–water partition coefficient (Wildman–Crippen LogP) is 2.66. The second kappa shape index (κ2) is 6.82. The molecule has 2 aliphatic rings. The summed E-state index contributed by atoms with van der Waals surface area (Å²) in [6.07, 6.45) is 6.93. The van der Waals surface area contributed by atoms with Crippen molar-refractivity contribution in [2.24, 2.45) is 0 Å². The molecule has 1 aromatic rings. The number of nitrogens with zero attached hydrogens (tertiary/aromatic N) is 3. The number of imidazole rings is 1. The Labute approximate surface area is 132 Å². The van der Waals surface area contributed by atoms with E-state index < -0.39 is 0 Å². The molecule has 0 spiro atoms. The molecule has 2 aliphatic heterocycles. The standard InChI is InChI=1S/C17H27N3O2/c1-3-16(21)19-8-4-5-15(12-19)20-13(2)11-18-17(20)14-6-9-22-10-7-14/h11,14-15H,3-10,12H2,1-2H3. The minimum atomic E-state index is 0.273. The van der Waals surface area contributed by atoms with Crippen molar-refractivity contribution < 1.29 is 9.53 Å². The van der Waals surface area contributed by atoms with Gasteiger partial charge in [0.05, 0.1) is 6.04 Å². The molecule has 0 radical (unpaired) electrons. The van der Waals surface area contributed by atoms with Crippen LogP contribution < -0.4 is 0 Å². The molecule has 0 N–H and O–H groups in total. The van der Waals surface area contributed by atoms with Crippen LogP contribution in [0, 0.1) is 6.92 Å². The summed E-state index contributed by atoms with van der Waals surface area (Å²) in [6.45, 7) is 7.49. The summed E-state index contributed by atoms with van der Waals surface area (Å²) in [5.74, 6) is 1.98. The molecule has 1 atom stereocenters. The van der Waals surface area contributed by atoms with Gasteiger partial charge in [-0.15, -0.1) is 0 Å². The zero-order valence-corrected chi connectivity index (χ0v) is 13.8. The summed E-state index contributed by atoms with van der Waals surface area (Å²) in [5.41, 5.74) is 1.22. The zero-order valence-electron chi connectivity index (χ0n) is 13.8. The van der Waals surface area contributed by atoms with Gasteiger partial charge in [-0.2, -0.15) is 0 Å². The minimum absolute atomic E-state index is 0.273. The summed E-state index contributed by atoms with van der Waals surface area (Å²) in [5, 5.41) is 0. The van der Waals surface area contributed by atoms with E-state index in [1.165, 1.54) is 11.5 Å². The van der Waals surface area contributed by atoms with Gasteiger partial charge < -0.3 is 14.2 Å². The van der Waals surface area contributed by atoms with Crippen molar-refractivity contribution in [1.82, 2.24) is 14.5 Å². The normalized spacial score (nSPS) is 23.7. The van der Waals surface area contributed by atoms with Gasteiger partial charge in [0.25, 0.3) is 0 Å². The van der Waals surface area contributed by atoms with Gasteiger partial charge in [-0.1, -0.05) is 6.92 Å². The first kappa shape index (κ1) is 15.5. The van der Waals surface area contributed by atoms with E-state index in [2.05, 4.69) is 11.5 Å². The Morgan fingerprint density at radius 2 is 2.14 bits per heavy atom. The van der Waals surface area contributed by atoms with Gasteiger partial charge in [-0.05, 0) is 32.6 Å². The number of hydrogen-bond acceptors (Lipinski definition) is 3. The SMILES string of the molecule is CCC(=O)N1CCCC(n2c(C)cnc2C2CCOCC2)C1. The Morgan fingerprint density at radius 1 is 1.36 bits per heavy atom. The average Bonchev–Trinajstić information content (AvgIpc) is 2.96. The molecule has 122 valence electrons. The number of carbonyl (C=O) groups is 1. The molecule has 5 heteroatoms. The fourth-order valence-corrected chi connectivity index (χ4v) is 3.81. The topological polar surface area (TPSA) is 47.4 Å². The Balaban J connectivity index is 1.81. The maximum atomic E-state index is 12.0. The van der Waals surface area contributed by atoms with Gasteiger partial charge in [0, 0.05) is 50.5 Å². The lowest BCUT2D eigenvalue weighted by atomic mass is 9.97. The summed E-state index contributed by atoms with van der Waals surface area (Å²) in [6, 6.07) is 0.379. The number of amides is 1. The molecule has 22 heavy (non-hydrogen) atoms. The number of likely N-dealkylation sites (tertiary alicyclic amines) is 1. The molecule has 0 aliphatic carbocycles. The van der Waals surface area contributed by atoms with E-state index in [1.807, 2.05) is 18.0 Å². The number of hydrogen-bond donors (Lipinski definition) is 0. The number of aryl methyl sites for hydroxylation is 1. The molecule has 5 nitrogen and oxygen atoms in total. The third-order valence-corrected chi connectivity index (χ3v) is 5.01. The van der Waals surface area contributed by atoms with E-state index in [4.69, 9.17) is 9.72 Å². The minimum Gasteiger partial charge on any atom is -0.381 e. The van der Waals surface area contributed by atoms with E-state index >= 15 is 0 Å². The van der Waals surface area contributed by atoms with E-state index in [0.29, 0.717) is 18.4 Å². The molecule has 3 rings (SSSR count). The molecule has 3 heterocycles. The quantitative estimate of drug-likeness (QED) is 0.862. The number of ether oxygens (including phenoxy) is 1. The maximum Gasteiger partial charge on any atom is 0.222 e. The second-order valence-corrected chi connectivity index (χ2v) is 6.50. The smallest absolute Gasteiger partial charge is 0.222 e. The third-order valence-electron chi connectivity index (χ3n) is 5.01. The molecule has 1 unspecified atom stereocenters. The van der Waals surface area contributed by atoms with Crippen LogP contribution in [0.3, 0.4) is 0 Å². The molecule has 2 fully saturated rings. The maximum absolute atomic E-state index is 12.0. The summed E-state index contributed by atoms with van der Waals surface area (Å²) in [7, 11) is 0. The van der Waals surface area contributed by atoms with E-state index in [1.54, 1.807) is 0 Å². The largest absolute Gasteiger partial charge is 0.381 e. The predicted molar refractivity (Wildman–Crippen MR) is 84.9 cm³/mol. The van der Waals surface area contributed by atoms with Crippen molar-refractivity contribution in [2.75, 3.05) is 26.3 Å². The first-order valence-electron chi connectivity index (χ1n) is 8.60. The number of rotatable bonds is 3. The number of piperidine rings is 1. The fraction of sp³-hybridized carbons (Fsp3) is 0.765.